The number of aliphatic hydroxyl groups is 1. The summed E-state index contributed by atoms with van der Waals surface area (Å²) in [7, 11) is 0. The molecule has 2 atom stereocenters. The maximum Gasteiger partial charge on any atom is 0.407 e. The number of aliphatic hydroxyl groups excluding tert-OH is 1. The van der Waals surface area contributed by atoms with Crippen molar-refractivity contribution in [1.82, 2.24) is 10.6 Å². The summed E-state index contributed by atoms with van der Waals surface area (Å²) in [4.78, 5) is 35.3. The predicted molar refractivity (Wildman–Crippen MR) is 102 cm³/mol. The third kappa shape index (κ3) is 10.2. The molecular formula is C19H35N3O5. The SMILES string of the molecule is CC(C)(C)OC(=O)NC(CCC(=O)N[C@@H](CO)C(N)=O)CC1CCCCC1. The molecule has 0 aromatic carbocycles. The van der Waals surface area contributed by atoms with Crippen LogP contribution in [0.1, 0.15) is 72.1 Å². The van der Waals surface area contributed by atoms with Crippen molar-refractivity contribution < 1.29 is 24.2 Å². The minimum absolute atomic E-state index is 0.122. The van der Waals surface area contributed by atoms with Gasteiger partial charge in [0.05, 0.1) is 6.61 Å². The molecule has 1 saturated carbocycles. The van der Waals surface area contributed by atoms with Gasteiger partial charge in [0, 0.05) is 12.5 Å². The summed E-state index contributed by atoms with van der Waals surface area (Å²) in [6.45, 7) is 4.86. The highest BCUT2D eigenvalue weighted by atomic mass is 16.6. The molecule has 1 aliphatic carbocycles. The fourth-order valence-corrected chi connectivity index (χ4v) is 3.33. The smallest absolute Gasteiger partial charge is 0.407 e. The second-order valence-corrected chi connectivity index (χ2v) is 8.33. The summed E-state index contributed by atoms with van der Waals surface area (Å²) in [5.74, 6) is -0.637. The van der Waals surface area contributed by atoms with E-state index in [2.05, 4.69) is 10.6 Å². The zero-order valence-corrected chi connectivity index (χ0v) is 16.8. The number of nitrogens with one attached hydrogen (secondary N) is 2. The molecule has 0 radical (unpaired) electrons. The number of alkyl carbamates (subject to hydrolysis) is 1. The zero-order valence-electron chi connectivity index (χ0n) is 16.8. The molecule has 0 aliphatic heterocycles. The molecule has 1 unspecified atom stereocenters. The summed E-state index contributed by atoms with van der Waals surface area (Å²) in [6, 6.07) is -1.28. The van der Waals surface area contributed by atoms with Gasteiger partial charge in [-0.1, -0.05) is 32.1 Å². The molecule has 3 amide bonds. The Balaban J connectivity index is 2.59. The molecule has 0 spiro atoms. The van der Waals surface area contributed by atoms with E-state index in [1.807, 2.05) is 0 Å². The van der Waals surface area contributed by atoms with Gasteiger partial charge >= 0.3 is 6.09 Å². The van der Waals surface area contributed by atoms with E-state index < -0.39 is 30.3 Å². The largest absolute Gasteiger partial charge is 0.444 e. The van der Waals surface area contributed by atoms with Crippen LogP contribution in [0.5, 0.6) is 0 Å². The Morgan fingerprint density at radius 2 is 1.78 bits per heavy atom. The van der Waals surface area contributed by atoms with Crippen LogP contribution in [0.25, 0.3) is 0 Å². The highest BCUT2D eigenvalue weighted by molar-refractivity contribution is 5.86. The van der Waals surface area contributed by atoms with Crippen molar-refractivity contribution in [3.8, 4) is 0 Å². The Hall–Kier alpha value is -1.83. The first-order chi connectivity index (χ1) is 12.6. The first-order valence-corrected chi connectivity index (χ1v) is 9.79. The van der Waals surface area contributed by atoms with Crippen LogP contribution < -0.4 is 16.4 Å². The standard InChI is InChI=1S/C19H35N3O5/c1-19(2,3)27-18(26)21-14(11-13-7-5-4-6-8-13)9-10-16(24)22-15(12-23)17(20)25/h13-15,23H,4-12H2,1-3H3,(H2,20,25)(H,21,26)(H,22,24)/t14?,15-/m0/s1. The molecule has 1 aliphatic rings. The van der Waals surface area contributed by atoms with Gasteiger partial charge in [-0.15, -0.1) is 0 Å². The molecule has 0 aromatic rings. The molecule has 27 heavy (non-hydrogen) atoms. The minimum atomic E-state index is -1.09. The summed E-state index contributed by atoms with van der Waals surface area (Å²) in [6.07, 6.45) is 6.76. The minimum Gasteiger partial charge on any atom is -0.444 e. The Morgan fingerprint density at radius 3 is 2.30 bits per heavy atom. The number of rotatable bonds is 9. The lowest BCUT2D eigenvalue weighted by molar-refractivity contribution is -0.128. The summed E-state index contributed by atoms with van der Waals surface area (Å²) in [5, 5.41) is 14.4. The van der Waals surface area contributed by atoms with Crippen molar-refractivity contribution in [2.24, 2.45) is 11.7 Å². The number of nitrogens with two attached hydrogens (primary N) is 1. The van der Waals surface area contributed by atoms with Crippen LogP contribution in [0.4, 0.5) is 4.79 Å². The molecule has 1 rings (SSSR count). The number of hydrogen-bond donors (Lipinski definition) is 4. The quantitative estimate of drug-likeness (QED) is 0.479. The van der Waals surface area contributed by atoms with Crippen LogP contribution in [0.3, 0.4) is 0 Å². The lowest BCUT2D eigenvalue weighted by Gasteiger charge is -2.28. The summed E-state index contributed by atoms with van der Waals surface area (Å²) in [5.41, 5.74) is 4.52. The third-order valence-electron chi connectivity index (χ3n) is 4.64. The van der Waals surface area contributed by atoms with Crippen LogP contribution in [0.2, 0.25) is 0 Å². The average Bonchev–Trinajstić information content (AvgIpc) is 2.56. The highest BCUT2D eigenvalue weighted by Gasteiger charge is 2.24. The van der Waals surface area contributed by atoms with Crippen molar-refractivity contribution >= 4 is 17.9 Å². The number of primary amides is 1. The van der Waals surface area contributed by atoms with E-state index in [1.54, 1.807) is 20.8 Å². The van der Waals surface area contributed by atoms with Crippen molar-refractivity contribution in [2.75, 3.05) is 6.61 Å². The van der Waals surface area contributed by atoms with Gasteiger partial charge in [0.25, 0.3) is 0 Å². The molecule has 8 heteroatoms. The summed E-state index contributed by atoms with van der Waals surface area (Å²) < 4.78 is 5.33. The fourth-order valence-electron chi connectivity index (χ4n) is 3.33. The molecule has 8 nitrogen and oxygen atoms in total. The van der Waals surface area contributed by atoms with E-state index in [-0.39, 0.29) is 18.4 Å². The van der Waals surface area contributed by atoms with Gasteiger partial charge in [-0.05, 0) is 39.5 Å². The number of carbonyl (C=O) groups excluding carboxylic acids is 3. The van der Waals surface area contributed by atoms with Crippen LogP contribution in [0.15, 0.2) is 0 Å². The lowest BCUT2D eigenvalue weighted by atomic mass is 9.84. The van der Waals surface area contributed by atoms with Gasteiger partial charge in [-0.25, -0.2) is 4.79 Å². The average molecular weight is 386 g/mol. The maximum atomic E-state index is 12.1. The fraction of sp³-hybridized carbons (Fsp3) is 0.842. The third-order valence-corrected chi connectivity index (χ3v) is 4.64. The van der Waals surface area contributed by atoms with Gasteiger partial charge in [0.1, 0.15) is 11.6 Å². The number of carbonyl (C=O) groups is 3. The second-order valence-electron chi connectivity index (χ2n) is 8.33. The zero-order chi connectivity index (χ0) is 20.4. The lowest BCUT2D eigenvalue weighted by Crippen LogP contribution is -2.47. The highest BCUT2D eigenvalue weighted by Crippen LogP contribution is 2.28. The molecule has 156 valence electrons. The van der Waals surface area contributed by atoms with E-state index in [9.17, 15) is 14.4 Å². The molecule has 0 heterocycles. The molecule has 0 aromatic heterocycles. The molecule has 5 N–H and O–H groups in total. The number of amides is 3. The van der Waals surface area contributed by atoms with E-state index in [4.69, 9.17) is 15.6 Å². The van der Waals surface area contributed by atoms with Crippen LogP contribution in [-0.4, -0.2) is 47.3 Å². The predicted octanol–water partition coefficient (Wildman–Crippen LogP) is 1.59. The van der Waals surface area contributed by atoms with E-state index in [0.29, 0.717) is 12.3 Å². The van der Waals surface area contributed by atoms with Crippen molar-refractivity contribution in [3.05, 3.63) is 0 Å². The number of ether oxygens (including phenoxy) is 1. The van der Waals surface area contributed by atoms with Crippen LogP contribution in [-0.2, 0) is 14.3 Å². The first-order valence-electron chi connectivity index (χ1n) is 9.79. The van der Waals surface area contributed by atoms with Gasteiger partial charge in [0.15, 0.2) is 0 Å². The Bertz CT molecular complexity index is 498. The molecule has 1 fully saturated rings. The Kier molecular flexibility index (Phi) is 9.55. The maximum absolute atomic E-state index is 12.1. The van der Waals surface area contributed by atoms with Gasteiger partial charge in [0.2, 0.25) is 11.8 Å². The normalized spacial score (nSPS) is 17.6. The topological polar surface area (TPSA) is 131 Å². The van der Waals surface area contributed by atoms with E-state index in [1.165, 1.54) is 19.3 Å². The summed E-state index contributed by atoms with van der Waals surface area (Å²) >= 11 is 0. The Morgan fingerprint density at radius 1 is 1.15 bits per heavy atom. The van der Waals surface area contributed by atoms with Crippen LogP contribution >= 0.6 is 0 Å². The van der Waals surface area contributed by atoms with E-state index in [0.717, 1.165) is 19.3 Å². The number of hydrogen-bond acceptors (Lipinski definition) is 5. The van der Waals surface area contributed by atoms with E-state index >= 15 is 0 Å². The second kappa shape index (κ2) is 11.1. The molecule has 0 saturated heterocycles. The Labute approximate surface area is 161 Å². The van der Waals surface area contributed by atoms with Gasteiger partial charge < -0.3 is 26.2 Å². The van der Waals surface area contributed by atoms with Crippen molar-refractivity contribution in [3.63, 3.8) is 0 Å². The van der Waals surface area contributed by atoms with Gasteiger partial charge in [-0.3, -0.25) is 9.59 Å². The van der Waals surface area contributed by atoms with Crippen LogP contribution in [0, 0.1) is 5.92 Å². The first kappa shape index (κ1) is 23.2. The van der Waals surface area contributed by atoms with Crippen molar-refractivity contribution in [1.29, 1.82) is 0 Å². The van der Waals surface area contributed by atoms with Crippen molar-refractivity contribution in [2.45, 2.75) is 89.8 Å². The monoisotopic (exact) mass is 385 g/mol. The van der Waals surface area contributed by atoms with Gasteiger partial charge in [-0.2, -0.15) is 0 Å². The molecular weight excluding hydrogens is 350 g/mol. The molecule has 0 bridgehead atoms.